The Balaban J connectivity index is 2.18. The van der Waals surface area contributed by atoms with Crippen molar-refractivity contribution in [2.45, 2.75) is 13.0 Å². The topological polar surface area (TPSA) is 42.2 Å². The third kappa shape index (κ3) is 1.16. The van der Waals surface area contributed by atoms with Gasteiger partial charge in [-0.2, -0.15) is 0 Å². The molecular formula is C9H13N3. The standard InChI is InChI=1S/C9H13N3/c1-7-3-2-4-11-9(7)12-5-8(10)6-12/h2-4,8H,5-6,10H2,1H3. The molecule has 2 rings (SSSR count). The summed E-state index contributed by atoms with van der Waals surface area (Å²) in [6, 6.07) is 4.37. The Labute approximate surface area is 72.2 Å². The van der Waals surface area contributed by atoms with E-state index in [9.17, 15) is 0 Å². The minimum atomic E-state index is 0.339. The Morgan fingerprint density at radius 3 is 2.92 bits per heavy atom. The van der Waals surface area contributed by atoms with Gasteiger partial charge in [-0.25, -0.2) is 4.98 Å². The van der Waals surface area contributed by atoms with Crippen LogP contribution < -0.4 is 10.6 Å². The molecule has 1 aliphatic rings. The maximum Gasteiger partial charge on any atom is 0.131 e. The van der Waals surface area contributed by atoms with Gasteiger partial charge in [0.1, 0.15) is 5.82 Å². The van der Waals surface area contributed by atoms with E-state index in [1.54, 1.807) is 0 Å². The summed E-state index contributed by atoms with van der Waals surface area (Å²) in [6.45, 7) is 3.96. The zero-order valence-corrected chi connectivity index (χ0v) is 7.20. The molecule has 0 unspecified atom stereocenters. The van der Waals surface area contributed by atoms with Crippen LogP contribution >= 0.6 is 0 Å². The minimum absolute atomic E-state index is 0.339. The number of hydrogen-bond donors (Lipinski definition) is 1. The molecule has 0 spiro atoms. The van der Waals surface area contributed by atoms with Gasteiger partial charge in [0, 0.05) is 25.3 Å². The van der Waals surface area contributed by atoms with Crippen molar-refractivity contribution < 1.29 is 0 Å². The van der Waals surface area contributed by atoms with Crippen molar-refractivity contribution in [3.8, 4) is 0 Å². The maximum atomic E-state index is 5.69. The highest BCUT2D eigenvalue weighted by molar-refractivity contribution is 5.48. The Morgan fingerprint density at radius 1 is 1.58 bits per heavy atom. The van der Waals surface area contributed by atoms with E-state index in [-0.39, 0.29) is 0 Å². The van der Waals surface area contributed by atoms with Crippen LogP contribution in [0.1, 0.15) is 5.56 Å². The first-order chi connectivity index (χ1) is 5.77. The van der Waals surface area contributed by atoms with Crippen LogP contribution in [0.4, 0.5) is 5.82 Å². The number of nitrogens with two attached hydrogens (primary N) is 1. The Kier molecular flexibility index (Phi) is 1.73. The minimum Gasteiger partial charge on any atom is -0.353 e. The van der Waals surface area contributed by atoms with Gasteiger partial charge < -0.3 is 10.6 Å². The number of aromatic nitrogens is 1. The summed E-state index contributed by atoms with van der Waals surface area (Å²) < 4.78 is 0. The molecule has 1 aromatic heterocycles. The molecule has 2 N–H and O–H groups in total. The molecule has 64 valence electrons. The monoisotopic (exact) mass is 163 g/mol. The van der Waals surface area contributed by atoms with Crippen molar-refractivity contribution in [1.29, 1.82) is 0 Å². The van der Waals surface area contributed by atoms with Gasteiger partial charge in [-0.1, -0.05) is 6.07 Å². The molecule has 0 atom stereocenters. The van der Waals surface area contributed by atoms with Gasteiger partial charge in [-0.15, -0.1) is 0 Å². The van der Waals surface area contributed by atoms with Crippen LogP contribution in [0.25, 0.3) is 0 Å². The number of nitrogens with zero attached hydrogens (tertiary/aromatic N) is 2. The number of rotatable bonds is 1. The van der Waals surface area contributed by atoms with Crippen molar-refractivity contribution >= 4 is 5.82 Å². The van der Waals surface area contributed by atoms with E-state index in [1.807, 2.05) is 12.3 Å². The molecule has 0 aromatic carbocycles. The third-order valence-corrected chi connectivity index (χ3v) is 2.19. The molecule has 1 saturated heterocycles. The number of hydrogen-bond acceptors (Lipinski definition) is 3. The summed E-state index contributed by atoms with van der Waals surface area (Å²) in [4.78, 5) is 6.51. The lowest BCUT2D eigenvalue weighted by molar-refractivity contribution is 0.513. The van der Waals surface area contributed by atoms with E-state index < -0.39 is 0 Å². The van der Waals surface area contributed by atoms with Gasteiger partial charge in [0.2, 0.25) is 0 Å². The van der Waals surface area contributed by atoms with E-state index in [2.05, 4.69) is 22.9 Å². The average Bonchev–Trinajstić information content (AvgIpc) is 2.01. The van der Waals surface area contributed by atoms with E-state index in [0.717, 1.165) is 18.9 Å². The first-order valence-electron chi connectivity index (χ1n) is 4.19. The van der Waals surface area contributed by atoms with Crippen LogP contribution in [0.2, 0.25) is 0 Å². The summed E-state index contributed by atoms with van der Waals surface area (Å²) >= 11 is 0. The fraction of sp³-hybridized carbons (Fsp3) is 0.444. The zero-order chi connectivity index (χ0) is 8.55. The fourth-order valence-electron chi connectivity index (χ4n) is 1.49. The molecule has 2 heterocycles. The smallest absolute Gasteiger partial charge is 0.131 e. The second-order valence-electron chi connectivity index (χ2n) is 3.31. The second-order valence-corrected chi connectivity index (χ2v) is 3.31. The highest BCUT2D eigenvalue weighted by Crippen LogP contribution is 2.20. The molecular weight excluding hydrogens is 150 g/mol. The number of pyridine rings is 1. The van der Waals surface area contributed by atoms with Crippen molar-refractivity contribution in [2.24, 2.45) is 5.73 Å². The van der Waals surface area contributed by atoms with Crippen LogP contribution in [-0.4, -0.2) is 24.1 Å². The molecule has 3 nitrogen and oxygen atoms in total. The molecule has 1 aliphatic heterocycles. The molecule has 1 fully saturated rings. The average molecular weight is 163 g/mol. The van der Waals surface area contributed by atoms with Gasteiger partial charge >= 0.3 is 0 Å². The van der Waals surface area contributed by atoms with Gasteiger partial charge in [-0.05, 0) is 18.6 Å². The molecule has 0 amide bonds. The van der Waals surface area contributed by atoms with E-state index >= 15 is 0 Å². The Hall–Kier alpha value is -1.09. The van der Waals surface area contributed by atoms with Crippen molar-refractivity contribution in [3.63, 3.8) is 0 Å². The first kappa shape index (κ1) is 7.55. The second kappa shape index (κ2) is 2.75. The zero-order valence-electron chi connectivity index (χ0n) is 7.20. The predicted molar refractivity (Wildman–Crippen MR) is 49.2 cm³/mol. The molecule has 0 saturated carbocycles. The van der Waals surface area contributed by atoms with Crippen molar-refractivity contribution in [1.82, 2.24) is 4.98 Å². The molecule has 0 bridgehead atoms. The molecule has 12 heavy (non-hydrogen) atoms. The van der Waals surface area contributed by atoms with E-state index in [4.69, 9.17) is 5.73 Å². The molecule has 0 radical (unpaired) electrons. The van der Waals surface area contributed by atoms with E-state index in [1.165, 1.54) is 5.56 Å². The van der Waals surface area contributed by atoms with Crippen LogP contribution in [0, 0.1) is 6.92 Å². The maximum absolute atomic E-state index is 5.69. The first-order valence-corrected chi connectivity index (χ1v) is 4.19. The van der Waals surface area contributed by atoms with Crippen LogP contribution in [0.5, 0.6) is 0 Å². The molecule has 1 aromatic rings. The fourth-order valence-corrected chi connectivity index (χ4v) is 1.49. The Morgan fingerprint density at radius 2 is 2.33 bits per heavy atom. The quantitative estimate of drug-likeness (QED) is 0.657. The summed E-state index contributed by atoms with van der Waals surface area (Å²) in [5.41, 5.74) is 6.91. The lowest BCUT2D eigenvalue weighted by Crippen LogP contribution is -2.56. The van der Waals surface area contributed by atoms with Crippen LogP contribution in [-0.2, 0) is 0 Å². The normalized spacial score (nSPS) is 17.7. The Bertz CT molecular complexity index is 279. The van der Waals surface area contributed by atoms with E-state index in [0.29, 0.717) is 6.04 Å². The summed E-state index contributed by atoms with van der Waals surface area (Å²) in [7, 11) is 0. The lowest BCUT2D eigenvalue weighted by atomic mass is 10.1. The SMILES string of the molecule is Cc1cccnc1N1CC(N)C1. The third-order valence-electron chi connectivity index (χ3n) is 2.19. The van der Waals surface area contributed by atoms with Gasteiger partial charge in [0.05, 0.1) is 0 Å². The van der Waals surface area contributed by atoms with Crippen LogP contribution in [0.3, 0.4) is 0 Å². The van der Waals surface area contributed by atoms with Crippen LogP contribution in [0.15, 0.2) is 18.3 Å². The highest BCUT2D eigenvalue weighted by Gasteiger charge is 2.24. The largest absolute Gasteiger partial charge is 0.353 e. The summed E-state index contributed by atoms with van der Waals surface area (Å²) in [6.07, 6.45) is 1.83. The molecule has 0 aliphatic carbocycles. The predicted octanol–water partition coefficient (Wildman–Crippen LogP) is 0.537. The summed E-state index contributed by atoms with van der Waals surface area (Å²) in [5, 5.41) is 0. The lowest BCUT2D eigenvalue weighted by Gasteiger charge is -2.38. The summed E-state index contributed by atoms with van der Waals surface area (Å²) in [5.74, 6) is 1.08. The van der Waals surface area contributed by atoms with Crippen molar-refractivity contribution in [2.75, 3.05) is 18.0 Å². The van der Waals surface area contributed by atoms with Crippen molar-refractivity contribution in [3.05, 3.63) is 23.9 Å². The molecule has 3 heteroatoms. The van der Waals surface area contributed by atoms with Gasteiger partial charge in [0.15, 0.2) is 0 Å². The number of anilines is 1. The number of aryl methyl sites for hydroxylation is 1. The van der Waals surface area contributed by atoms with Gasteiger partial charge in [0.25, 0.3) is 0 Å². The van der Waals surface area contributed by atoms with Gasteiger partial charge in [-0.3, -0.25) is 0 Å². The highest BCUT2D eigenvalue weighted by atomic mass is 15.3.